The lowest BCUT2D eigenvalue weighted by atomic mass is 9.67. The molecular formula is C97H63N5O. The average Bonchev–Trinajstić information content (AvgIpc) is 1.55. The van der Waals surface area contributed by atoms with E-state index in [2.05, 4.69) is 355 Å². The summed E-state index contributed by atoms with van der Waals surface area (Å²) in [4.78, 5) is 9.82. The molecule has 0 spiro atoms. The SMILES string of the molecule is Cc1ccc2c(c1)-c1cc(C)ccc1C2(c1cccc(-c2cccc(-c3cc(-c4cccc(-c5cccc6c5oc5ccccc56)c4)ncn3)c2)c1)c1cccc(-c2cc(-n3c4ccccc4c4ccccc43)cc(-n3c4ccccc4c4c3ccc3c5ccccc5n(-c5ccccc5)c34)c2)c1. The molecule has 6 nitrogen and oxygen atoms in total. The summed E-state index contributed by atoms with van der Waals surface area (Å²) in [5, 5.41) is 9.52. The van der Waals surface area contributed by atoms with Crippen LogP contribution in [0.1, 0.15) is 33.4 Å². The van der Waals surface area contributed by atoms with Crippen molar-refractivity contribution in [2.75, 3.05) is 0 Å². The van der Waals surface area contributed by atoms with Gasteiger partial charge in [0.25, 0.3) is 0 Å². The molecule has 0 N–H and O–H groups in total. The predicted octanol–water partition coefficient (Wildman–Crippen LogP) is 25.0. The number of rotatable bonds is 10. The average molecular weight is 1310 g/mol. The zero-order valence-corrected chi connectivity index (χ0v) is 56.6. The van der Waals surface area contributed by atoms with Crippen molar-refractivity contribution in [1.29, 1.82) is 0 Å². The van der Waals surface area contributed by atoms with Crippen LogP contribution in [0, 0.1) is 13.8 Å². The maximum Gasteiger partial charge on any atom is 0.143 e. The molecule has 0 unspecified atom stereocenters. The molecule has 0 amide bonds. The van der Waals surface area contributed by atoms with Crippen LogP contribution in [0.15, 0.2) is 350 Å². The summed E-state index contributed by atoms with van der Waals surface area (Å²) in [6, 6.07) is 126. The van der Waals surface area contributed by atoms with Gasteiger partial charge < -0.3 is 18.1 Å². The Morgan fingerprint density at radius 3 is 1.40 bits per heavy atom. The highest BCUT2D eigenvalue weighted by Gasteiger charge is 2.46. The van der Waals surface area contributed by atoms with E-state index in [0.29, 0.717) is 0 Å². The third-order valence-electron chi connectivity index (χ3n) is 21.9. The Morgan fingerprint density at radius 1 is 0.282 bits per heavy atom. The minimum atomic E-state index is -0.732. The van der Waals surface area contributed by atoms with E-state index in [1.807, 2.05) is 12.1 Å². The second-order valence-electron chi connectivity index (χ2n) is 27.7. The summed E-state index contributed by atoms with van der Waals surface area (Å²) in [7, 11) is 0. The number of aromatic nitrogens is 5. The molecule has 6 heteroatoms. The Morgan fingerprint density at radius 2 is 0.757 bits per heavy atom. The third kappa shape index (κ3) is 8.94. The predicted molar refractivity (Wildman–Crippen MR) is 426 cm³/mol. The molecule has 0 atom stereocenters. The molecule has 15 aromatic carbocycles. The lowest BCUT2D eigenvalue weighted by Crippen LogP contribution is -2.28. The van der Waals surface area contributed by atoms with Crippen molar-refractivity contribution in [1.82, 2.24) is 23.7 Å². The monoisotopic (exact) mass is 1310 g/mol. The molecule has 21 rings (SSSR count). The van der Waals surface area contributed by atoms with Crippen LogP contribution in [-0.4, -0.2) is 23.7 Å². The summed E-state index contributed by atoms with van der Waals surface area (Å²) < 4.78 is 14.0. The van der Waals surface area contributed by atoms with Gasteiger partial charge in [0.05, 0.1) is 49.9 Å². The number of nitrogens with zero attached hydrogens (tertiary/aromatic N) is 5. The maximum absolute atomic E-state index is 6.50. The minimum Gasteiger partial charge on any atom is -0.455 e. The molecule has 5 heterocycles. The van der Waals surface area contributed by atoms with Gasteiger partial charge in [-0.2, -0.15) is 0 Å². The van der Waals surface area contributed by atoms with Gasteiger partial charge in [-0.15, -0.1) is 0 Å². The topological polar surface area (TPSA) is 53.7 Å². The summed E-state index contributed by atoms with van der Waals surface area (Å²) in [6.07, 6.45) is 1.69. The number of hydrogen-bond acceptors (Lipinski definition) is 3. The lowest BCUT2D eigenvalue weighted by molar-refractivity contribution is 0.670. The van der Waals surface area contributed by atoms with Crippen molar-refractivity contribution in [3.05, 3.63) is 379 Å². The van der Waals surface area contributed by atoms with Crippen molar-refractivity contribution in [3.8, 4) is 84.1 Å². The Kier molecular flexibility index (Phi) is 13.0. The van der Waals surface area contributed by atoms with E-state index in [1.54, 1.807) is 6.33 Å². The first-order valence-electron chi connectivity index (χ1n) is 35.4. The van der Waals surface area contributed by atoms with E-state index in [4.69, 9.17) is 14.4 Å². The standard InChI is InChI=1S/C97H63N5O/c1-60-43-46-84-82(49-60)83-50-61(2)44-47-85(83)97(84,69-27-18-22-63(53-69)62-21-16-25-66(51-62)86-58-87(99-59-98-86)67-26-17-24-65(52-67)74-36-20-37-80-78-34-10-15-42-93(78)103-96(74)80)70-28-19-23-64(54-70)68-55-72(100-88-38-11-6-31-75(88)76-32-7-12-39-89(76)100)57-73(56-68)101-91-41-14-9-35-81(91)94-92(101)48-45-79-77-33-8-13-40-90(77)102(95(79)94)71-29-4-3-5-30-71/h3-59H,1-2H3. The Balaban J connectivity index is 0.739. The molecule has 482 valence electrons. The molecule has 1 aliphatic rings. The van der Waals surface area contributed by atoms with Crippen LogP contribution < -0.4 is 0 Å². The summed E-state index contributed by atoms with van der Waals surface area (Å²) >= 11 is 0. The lowest BCUT2D eigenvalue weighted by Gasteiger charge is -2.34. The summed E-state index contributed by atoms with van der Waals surface area (Å²) in [5.74, 6) is 0. The molecular weight excluding hydrogens is 1250 g/mol. The molecule has 5 aromatic heterocycles. The molecule has 0 fully saturated rings. The molecule has 0 aliphatic heterocycles. The van der Waals surface area contributed by atoms with Gasteiger partial charge in [-0.25, -0.2) is 9.97 Å². The van der Waals surface area contributed by atoms with Gasteiger partial charge in [-0.05, 0) is 172 Å². The number of aryl methyl sites for hydroxylation is 2. The van der Waals surface area contributed by atoms with Crippen LogP contribution in [0.2, 0.25) is 0 Å². The quantitative estimate of drug-likeness (QED) is 0.137. The van der Waals surface area contributed by atoms with Crippen LogP contribution in [-0.2, 0) is 5.41 Å². The normalized spacial score (nSPS) is 12.6. The van der Waals surface area contributed by atoms with Crippen LogP contribution in [0.25, 0.3) is 171 Å². The Labute approximate surface area is 594 Å². The number of para-hydroxylation sites is 7. The first kappa shape index (κ1) is 58.5. The first-order valence-corrected chi connectivity index (χ1v) is 35.4. The van der Waals surface area contributed by atoms with Gasteiger partial charge in [0.2, 0.25) is 0 Å². The zero-order chi connectivity index (χ0) is 68.0. The second kappa shape index (κ2) is 22.8. The van der Waals surface area contributed by atoms with E-state index >= 15 is 0 Å². The zero-order valence-electron chi connectivity index (χ0n) is 56.6. The Bertz CT molecular complexity index is 6810. The minimum absolute atomic E-state index is 0.732. The smallest absolute Gasteiger partial charge is 0.143 e. The first-order chi connectivity index (χ1) is 50.9. The van der Waals surface area contributed by atoms with Gasteiger partial charge in [0.1, 0.15) is 17.5 Å². The highest BCUT2D eigenvalue weighted by Crippen LogP contribution is 2.58. The van der Waals surface area contributed by atoms with E-state index in [1.165, 1.54) is 87.9 Å². The largest absolute Gasteiger partial charge is 0.455 e. The molecule has 103 heavy (non-hydrogen) atoms. The van der Waals surface area contributed by atoms with Crippen molar-refractivity contribution < 1.29 is 4.42 Å². The van der Waals surface area contributed by atoms with Crippen LogP contribution in [0.4, 0.5) is 0 Å². The molecule has 0 saturated carbocycles. The fourth-order valence-electron chi connectivity index (χ4n) is 17.4. The maximum atomic E-state index is 6.50. The van der Waals surface area contributed by atoms with Gasteiger partial charge in [-0.1, -0.05) is 254 Å². The van der Waals surface area contributed by atoms with Crippen LogP contribution in [0.3, 0.4) is 0 Å². The van der Waals surface area contributed by atoms with Crippen molar-refractivity contribution in [2.45, 2.75) is 19.3 Å². The van der Waals surface area contributed by atoms with E-state index in [9.17, 15) is 0 Å². The van der Waals surface area contributed by atoms with E-state index in [-0.39, 0.29) is 0 Å². The van der Waals surface area contributed by atoms with E-state index < -0.39 is 5.41 Å². The van der Waals surface area contributed by atoms with Gasteiger partial charge in [0, 0.05) is 76.8 Å². The molecule has 0 bridgehead atoms. The van der Waals surface area contributed by atoms with Crippen molar-refractivity contribution in [2.24, 2.45) is 0 Å². The summed E-state index contributed by atoms with van der Waals surface area (Å²) in [6.45, 7) is 4.44. The van der Waals surface area contributed by atoms with Crippen LogP contribution in [0.5, 0.6) is 0 Å². The fraction of sp³-hybridized carbons (Fsp3) is 0.0309. The fourth-order valence-corrected chi connectivity index (χ4v) is 17.4. The van der Waals surface area contributed by atoms with Gasteiger partial charge in [0.15, 0.2) is 0 Å². The second-order valence-corrected chi connectivity index (χ2v) is 27.7. The third-order valence-corrected chi connectivity index (χ3v) is 21.9. The number of benzene rings is 15. The molecule has 1 aliphatic carbocycles. The van der Waals surface area contributed by atoms with Crippen LogP contribution >= 0.6 is 0 Å². The molecule has 0 radical (unpaired) electrons. The highest BCUT2D eigenvalue weighted by atomic mass is 16.3. The van der Waals surface area contributed by atoms with Gasteiger partial charge >= 0.3 is 0 Å². The number of hydrogen-bond donors (Lipinski definition) is 0. The molecule has 20 aromatic rings. The van der Waals surface area contributed by atoms with Crippen molar-refractivity contribution >= 4 is 87.4 Å². The number of furan rings is 1. The Hall–Kier alpha value is -13.4. The molecule has 0 saturated heterocycles. The number of fused-ring (bicyclic) bond motifs is 16. The summed E-state index contributed by atoms with van der Waals surface area (Å²) in [5.41, 5.74) is 31.4. The van der Waals surface area contributed by atoms with Crippen molar-refractivity contribution in [3.63, 3.8) is 0 Å². The highest BCUT2D eigenvalue weighted by molar-refractivity contribution is 6.26. The van der Waals surface area contributed by atoms with E-state index in [0.717, 1.165) is 117 Å². The van der Waals surface area contributed by atoms with Gasteiger partial charge in [-0.3, -0.25) is 0 Å².